The van der Waals surface area contributed by atoms with Gasteiger partial charge in [-0.25, -0.2) is 0 Å². The zero-order chi connectivity index (χ0) is 15.5. The van der Waals surface area contributed by atoms with Crippen LogP contribution in [-0.4, -0.2) is 23.7 Å². The molecule has 0 radical (unpaired) electrons. The highest BCUT2D eigenvalue weighted by molar-refractivity contribution is 9.10. The third kappa shape index (κ3) is 4.49. The zero-order valence-corrected chi connectivity index (χ0v) is 12.5. The van der Waals surface area contributed by atoms with E-state index in [4.69, 9.17) is 0 Å². The molecule has 7 heteroatoms. The molecule has 1 atom stereocenters. The van der Waals surface area contributed by atoms with Crippen molar-refractivity contribution in [3.8, 4) is 0 Å². The van der Waals surface area contributed by atoms with E-state index in [2.05, 4.69) is 21.2 Å². The van der Waals surface area contributed by atoms with Crippen LogP contribution in [0.3, 0.4) is 0 Å². The Morgan fingerprint density at radius 1 is 1.40 bits per heavy atom. The average molecular weight is 354 g/mol. The molecule has 0 aromatic heterocycles. The molecule has 112 valence electrons. The van der Waals surface area contributed by atoms with Crippen molar-refractivity contribution < 1.29 is 23.1 Å². The molecule has 0 fully saturated rings. The van der Waals surface area contributed by atoms with Gasteiger partial charge >= 0.3 is 6.18 Å². The molecule has 1 rings (SSSR count). The number of rotatable bonds is 4. The molecule has 1 unspecified atom stereocenters. The predicted octanol–water partition coefficient (Wildman–Crippen LogP) is 3.21. The molecule has 0 heterocycles. The summed E-state index contributed by atoms with van der Waals surface area (Å²) < 4.78 is 38.8. The smallest absolute Gasteiger partial charge is 0.391 e. The van der Waals surface area contributed by atoms with Crippen molar-refractivity contribution in [2.24, 2.45) is 5.92 Å². The molecule has 0 saturated heterocycles. The van der Waals surface area contributed by atoms with Crippen LogP contribution in [-0.2, 0) is 6.18 Å². The average Bonchev–Trinajstić information content (AvgIpc) is 2.34. The monoisotopic (exact) mass is 353 g/mol. The van der Waals surface area contributed by atoms with Gasteiger partial charge in [-0.05, 0) is 24.1 Å². The predicted molar refractivity (Wildman–Crippen MR) is 72.3 cm³/mol. The van der Waals surface area contributed by atoms with E-state index < -0.39 is 29.3 Å². The van der Waals surface area contributed by atoms with E-state index in [1.165, 1.54) is 6.07 Å². The lowest BCUT2D eigenvalue weighted by Gasteiger charge is -2.17. The summed E-state index contributed by atoms with van der Waals surface area (Å²) in [6.07, 6.45) is -5.42. The van der Waals surface area contributed by atoms with Gasteiger partial charge in [0.25, 0.3) is 5.91 Å². The number of aliphatic hydroxyl groups is 1. The normalized spacial score (nSPS) is 13.4. The summed E-state index contributed by atoms with van der Waals surface area (Å²) >= 11 is 2.95. The van der Waals surface area contributed by atoms with Crippen LogP contribution in [0.25, 0.3) is 0 Å². The number of amides is 1. The molecular formula is C13H15BrF3NO2. The lowest BCUT2D eigenvalue weighted by molar-refractivity contribution is -0.138. The van der Waals surface area contributed by atoms with Crippen molar-refractivity contribution in [2.45, 2.75) is 26.1 Å². The molecule has 20 heavy (non-hydrogen) atoms. The Kier molecular flexibility index (Phi) is 5.59. The van der Waals surface area contributed by atoms with Crippen LogP contribution in [0.5, 0.6) is 0 Å². The van der Waals surface area contributed by atoms with Gasteiger partial charge in [0.2, 0.25) is 0 Å². The first-order valence-electron chi connectivity index (χ1n) is 5.96. The van der Waals surface area contributed by atoms with E-state index in [-0.39, 0.29) is 16.9 Å². The van der Waals surface area contributed by atoms with Gasteiger partial charge in [0.05, 0.1) is 17.2 Å². The summed E-state index contributed by atoms with van der Waals surface area (Å²) in [4.78, 5) is 11.8. The minimum absolute atomic E-state index is 0.0934. The topological polar surface area (TPSA) is 49.3 Å². The van der Waals surface area contributed by atoms with Crippen LogP contribution in [0.2, 0.25) is 0 Å². The largest absolute Gasteiger partial charge is 0.417 e. The standard InChI is InChI=1S/C13H15BrF3NO2/c1-7(2)11(19)6-18-12(20)9-4-3-8(14)5-10(9)13(15,16)17/h3-5,7,11,19H,6H2,1-2H3,(H,18,20). The number of carbonyl (C=O) groups is 1. The second-order valence-corrected chi connectivity index (χ2v) is 5.62. The van der Waals surface area contributed by atoms with Crippen LogP contribution in [0.15, 0.2) is 22.7 Å². The van der Waals surface area contributed by atoms with Gasteiger partial charge in [-0.2, -0.15) is 13.2 Å². The Morgan fingerprint density at radius 2 is 2.00 bits per heavy atom. The highest BCUT2D eigenvalue weighted by atomic mass is 79.9. The number of alkyl halides is 3. The molecule has 0 saturated carbocycles. The highest BCUT2D eigenvalue weighted by Gasteiger charge is 2.35. The summed E-state index contributed by atoms with van der Waals surface area (Å²) in [6.45, 7) is 3.40. The van der Waals surface area contributed by atoms with Crippen molar-refractivity contribution in [1.29, 1.82) is 0 Å². The van der Waals surface area contributed by atoms with Crippen LogP contribution in [0.1, 0.15) is 29.8 Å². The molecule has 0 aliphatic heterocycles. The van der Waals surface area contributed by atoms with E-state index in [0.717, 1.165) is 12.1 Å². The van der Waals surface area contributed by atoms with Gasteiger partial charge in [0, 0.05) is 11.0 Å². The Hall–Kier alpha value is -1.08. The second-order valence-electron chi connectivity index (χ2n) is 4.71. The van der Waals surface area contributed by atoms with E-state index >= 15 is 0 Å². The van der Waals surface area contributed by atoms with Crippen LogP contribution >= 0.6 is 15.9 Å². The molecule has 0 aliphatic carbocycles. The molecule has 0 spiro atoms. The molecule has 0 bridgehead atoms. The number of nitrogens with one attached hydrogen (secondary N) is 1. The molecule has 2 N–H and O–H groups in total. The van der Waals surface area contributed by atoms with Crippen molar-refractivity contribution in [3.63, 3.8) is 0 Å². The fourth-order valence-corrected chi connectivity index (χ4v) is 1.84. The van der Waals surface area contributed by atoms with E-state index in [1.54, 1.807) is 13.8 Å². The lowest BCUT2D eigenvalue weighted by Crippen LogP contribution is -2.35. The third-order valence-electron chi connectivity index (χ3n) is 2.77. The fourth-order valence-electron chi connectivity index (χ4n) is 1.48. The van der Waals surface area contributed by atoms with Gasteiger partial charge in [-0.1, -0.05) is 29.8 Å². The molecule has 0 aliphatic rings. The van der Waals surface area contributed by atoms with Gasteiger partial charge in [0.1, 0.15) is 0 Å². The van der Waals surface area contributed by atoms with E-state index in [9.17, 15) is 23.1 Å². The van der Waals surface area contributed by atoms with Crippen LogP contribution in [0, 0.1) is 5.92 Å². The van der Waals surface area contributed by atoms with E-state index in [1.807, 2.05) is 0 Å². The molecule has 3 nitrogen and oxygen atoms in total. The Morgan fingerprint density at radius 3 is 2.50 bits per heavy atom. The van der Waals surface area contributed by atoms with E-state index in [0.29, 0.717) is 0 Å². The van der Waals surface area contributed by atoms with Crippen molar-refractivity contribution in [2.75, 3.05) is 6.54 Å². The Labute approximate surface area is 123 Å². The first-order chi connectivity index (χ1) is 9.12. The Balaban J connectivity index is 2.93. The number of hydrogen-bond acceptors (Lipinski definition) is 2. The van der Waals surface area contributed by atoms with Gasteiger partial charge in [-0.15, -0.1) is 0 Å². The minimum atomic E-state index is -4.62. The molecule has 1 aromatic rings. The van der Waals surface area contributed by atoms with Crippen LogP contribution < -0.4 is 5.32 Å². The Bertz CT molecular complexity index is 489. The van der Waals surface area contributed by atoms with Crippen LogP contribution in [0.4, 0.5) is 13.2 Å². The first kappa shape index (κ1) is 17.0. The highest BCUT2D eigenvalue weighted by Crippen LogP contribution is 2.33. The summed E-state index contributed by atoms with van der Waals surface area (Å²) in [5.41, 5.74) is -1.47. The quantitative estimate of drug-likeness (QED) is 0.873. The van der Waals surface area contributed by atoms with Gasteiger partial charge in [-0.3, -0.25) is 4.79 Å². The molecular weight excluding hydrogens is 339 g/mol. The number of halogens is 4. The lowest BCUT2D eigenvalue weighted by atomic mass is 10.1. The summed E-state index contributed by atoms with van der Waals surface area (Å²) in [7, 11) is 0. The third-order valence-corrected chi connectivity index (χ3v) is 3.27. The minimum Gasteiger partial charge on any atom is -0.391 e. The maximum Gasteiger partial charge on any atom is 0.417 e. The maximum absolute atomic E-state index is 12.9. The summed E-state index contributed by atoms with van der Waals surface area (Å²) in [5, 5.41) is 11.9. The SMILES string of the molecule is CC(C)C(O)CNC(=O)c1ccc(Br)cc1C(F)(F)F. The second kappa shape index (κ2) is 6.58. The van der Waals surface area contributed by atoms with Crippen molar-refractivity contribution in [1.82, 2.24) is 5.32 Å². The molecule has 1 amide bonds. The van der Waals surface area contributed by atoms with Gasteiger partial charge in [0.15, 0.2) is 0 Å². The van der Waals surface area contributed by atoms with Crippen molar-refractivity contribution >= 4 is 21.8 Å². The molecule has 1 aromatic carbocycles. The summed E-state index contributed by atoms with van der Waals surface area (Å²) in [5.74, 6) is -0.952. The number of hydrogen-bond donors (Lipinski definition) is 2. The van der Waals surface area contributed by atoms with Gasteiger partial charge < -0.3 is 10.4 Å². The maximum atomic E-state index is 12.9. The zero-order valence-electron chi connectivity index (χ0n) is 11.0. The summed E-state index contributed by atoms with van der Waals surface area (Å²) in [6, 6.07) is 3.32. The fraction of sp³-hybridized carbons (Fsp3) is 0.462. The first-order valence-corrected chi connectivity index (χ1v) is 6.75. The number of benzene rings is 1. The number of carbonyl (C=O) groups excluding carboxylic acids is 1. The van der Waals surface area contributed by atoms with Crippen molar-refractivity contribution in [3.05, 3.63) is 33.8 Å². The number of aliphatic hydroxyl groups excluding tert-OH is 1.